The molecule has 0 aliphatic heterocycles. The molecule has 0 radical (unpaired) electrons. The van der Waals surface area contributed by atoms with Crippen molar-refractivity contribution in [3.8, 4) is 0 Å². The Morgan fingerprint density at radius 3 is 1.84 bits per heavy atom. The molecule has 0 unspecified atom stereocenters. The highest BCUT2D eigenvalue weighted by molar-refractivity contribution is 6.03. The van der Waals surface area contributed by atoms with E-state index < -0.39 is 11.9 Å². The summed E-state index contributed by atoms with van der Waals surface area (Å²) in [5.74, 6) is -1.04. The Morgan fingerprint density at radius 1 is 1.11 bits per heavy atom. The molecule has 0 bridgehead atoms. The van der Waals surface area contributed by atoms with Crippen molar-refractivity contribution in [1.82, 2.24) is 4.57 Å². The summed E-state index contributed by atoms with van der Waals surface area (Å²) in [6, 6.07) is 0. The van der Waals surface area contributed by atoms with E-state index in [4.69, 9.17) is 9.47 Å². The number of esters is 2. The second-order valence-corrected chi connectivity index (χ2v) is 4.16. The van der Waals surface area contributed by atoms with E-state index in [2.05, 4.69) is 6.58 Å². The van der Waals surface area contributed by atoms with Crippen molar-refractivity contribution in [3.63, 3.8) is 0 Å². The fraction of sp³-hybridized carbons (Fsp3) is 0.429. The molecule has 5 heteroatoms. The largest absolute Gasteiger partial charge is 0.462 e. The summed E-state index contributed by atoms with van der Waals surface area (Å²) in [6.45, 7) is 10.1. The van der Waals surface area contributed by atoms with E-state index in [-0.39, 0.29) is 24.3 Å². The minimum atomic E-state index is -0.522. The van der Waals surface area contributed by atoms with Crippen LogP contribution in [-0.2, 0) is 16.0 Å². The summed E-state index contributed by atoms with van der Waals surface area (Å²) in [7, 11) is 0. The molecule has 19 heavy (non-hydrogen) atoms. The maximum Gasteiger partial charge on any atom is 0.340 e. The Morgan fingerprint density at radius 2 is 1.53 bits per heavy atom. The van der Waals surface area contributed by atoms with Crippen molar-refractivity contribution < 1.29 is 19.1 Å². The lowest BCUT2D eigenvalue weighted by Crippen LogP contribution is -2.11. The number of nitrogens with zero attached hydrogens (tertiary/aromatic N) is 1. The van der Waals surface area contributed by atoms with Crippen molar-refractivity contribution >= 4 is 11.9 Å². The van der Waals surface area contributed by atoms with Crippen molar-refractivity contribution in [2.45, 2.75) is 27.3 Å². The summed E-state index contributed by atoms with van der Waals surface area (Å²) in [5.41, 5.74) is 1.36. The highest BCUT2D eigenvalue weighted by atomic mass is 16.5. The number of ether oxygens (including phenoxy) is 2. The summed E-state index contributed by atoms with van der Waals surface area (Å²) in [5, 5.41) is 0. The van der Waals surface area contributed by atoms with Gasteiger partial charge in [0.1, 0.15) is 0 Å². The molecule has 5 nitrogen and oxygen atoms in total. The number of allylic oxidation sites excluding steroid dienone is 1. The number of carbonyl (C=O) groups excluding carboxylic acids is 2. The molecule has 1 aromatic rings. The standard InChI is InChI=1S/C14H19NO4/c1-5-18-13(16)11-8-15(7-10(3)4)9-12(11)14(17)19-6-2/h8-9H,3,5-7H2,1-2,4H3. The lowest BCUT2D eigenvalue weighted by molar-refractivity contribution is 0.0480. The Kier molecular flexibility index (Phi) is 5.36. The molecule has 0 atom stereocenters. The topological polar surface area (TPSA) is 57.5 Å². The number of hydrogen-bond acceptors (Lipinski definition) is 4. The van der Waals surface area contributed by atoms with Crippen LogP contribution in [0.3, 0.4) is 0 Å². The minimum absolute atomic E-state index is 0.224. The quantitative estimate of drug-likeness (QED) is 0.585. The van der Waals surface area contributed by atoms with Gasteiger partial charge in [-0.2, -0.15) is 0 Å². The molecule has 0 amide bonds. The Bertz CT molecular complexity index is 452. The highest BCUT2D eigenvalue weighted by Gasteiger charge is 2.21. The van der Waals surface area contributed by atoms with E-state index in [1.54, 1.807) is 30.8 Å². The van der Waals surface area contributed by atoms with Crippen LogP contribution in [0.1, 0.15) is 41.5 Å². The monoisotopic (exact) mass is 265 g/mol. The summed E-state index contributed by atoms with van der Waals surface area (Å²) in [4.78, 5) is 23.6. The van der Waals surface area contributed by atoms with Gasteiger partial charge in [-0.15, -0.1) is 0 Å². The summed E-state index contributed by atoms with van der Waals surface area (Å²) < 4.78 is 11.6. The molecule has 0 spiro atoms. The molecule has 1 rings (SSSR count). The smallest absolute Gasteiger partial charge is 0.340 e. The van der Waals surface area contributed by atoms with Crippen LogP contribution in [0, 0.1) is 0 Å². The molecule has 0 aromatic carbocycles. The second-order valence-electron chi connectivity index (χ2n) is 4.16. The first-order valence-electron chi connectivity index (χ1n) is 6.18. The molecular formula is C14H19NO4. The third kappa shape index (κ3) is 3.98. The highest BCUT2D eigenvalue weighted by Crippen LogP contribution is 2.15. The number of aromatic nitrogens is 1. The van der Waals surface area contributed by atoms with Gasteiger partial charge < -0.3 is 14.0 Å². The molecule has 1 heterocycles. The molecule has 0 saturated heterocycles. The maximum absolute atomic E-state index is 11.8. The first-order chi connectivity index (χ1) is 8.99. The maximum atomic E-state index is 11.8. The van der Waals surface area contributed by atoms with Gasteiger partial charge in [0.05, 0.1) is 24.3 Å². The summed E-state index contributed by atoms with van der Waals surface area (Å²) >= 11 is 0. The van der Waals surface area contributed by atoms with Gasteiger partial charge in [-0.25, -0.2) is 9.59 Å². The number of carbonyl (C=O) groups is 2. The molecule has 104 valence electrons. The van der Waals surface area contributed by atoms with Gasteiger partial charge >= 0.3 is 11.9 Å². The minimum Gasteiger partial charge on any atom is -0.462 e. The zero-order chi connectivity index (χ0) is 14.4. The SMILES string of the molecule is C=C(C)Cn1cc(C(=O)OCC)c(C(=O)OCC)c1. The number of rotatable bonds is 6. The van der Waals surface area contributed by atoms with Crippen molar-refractivity contribution in [2.24, 2.45) is 0 Å². The van der Waals surface area contributed by atoms with Crippen molar-refractivity contribution in [2.75, 3.05) is 13.2 Å². The van der Waals surface area contributed by atoms with Gasteiger partial charge in [0.15, 0.2) is 0 Å². The molecule has 0 aliphatic rings. The number of hydrogen-bond donors (Lipinski definition) is 0. The van der Waals surface area contributed by atoms with Crippen molar-refractivity contribution in [1.29, 1.82) is 0 Å². The van der Waals surface area contributed by atoms with E-state index in [0.717, 1.165) is 5.57 Å². The van der Waals surface area contributed by atoms with Gasteiger partial charge in [-0.3, -0.25) is 0 Å². The third-order valence-corrected chi connectivity index (χ3v) is 2.32. The lowest BCUT2D eigenvalue weighted by Gasteiger charge is -2.02. The Labute approximate surface area is 112 Å². The predicted octanol–water partition coefficient (Wildman–Crippen LogP) is 2.42. The predicted molar refractivity (Wildman–Crippen MR) is 71.2 cm³/mol. The Balaban J connectivity index is 3.10. The average Bonchev–Trinajstić information content (AvgIpc) is 2.72. The first kappa shape index (κ1) is 15.0. The van der Waals surface area contributed by atoms with Crippen LogP contribution in [-0.4, -0.2) is 29.7 Å². The van der Waals surface area contributed by atoms with Crippen LogP contribution in [0.4, 0.5) is 0 Å². The average molecular weight is 265 g/mol. The zero-order valence-corrected chi connectivity index (χ0v) is 11.6. The lowest BCUT2D eigenvalue weighted by atomic mass is 10.2. The first-order valence-corrected chi connectivity index (χ1v) is 6.18. The van der Waals surface area contributed by atoms with Gasteiger partial charge in [0.2, 0.25) is 0 Å². The van der Waals surface area contributed by atoms with E-state index in [9.17, 15) is 9.59 Å². The molecule has 1 aromatic heterocycles. The van der Waals surface area contributed by atoms with Crippen LogP contribution in [0.2, 0.25) is 0 Å². The van der Waals surface area contributed by atoms with Gasteiger partial charge in [-0.05, 0) is 20.8 Å². The van der Waals surface area contributed by atoms with E-state index in [1.807, 2.05) is 6.92 Å². The summed E-state index contributed by atoms with van der Waals surface area (Å²) in [6.07, 6.45) is 3.16. The van der Waals surface area contributed by atoms with Crippen LogP contribution >= 0.6 is 0 Å². The third-order valence-electron chi connectivity index (χ3n) is 2.32. The molecule has 0 N–H and O–H groups in total. The van der Waals surface area contributed by atoms with E-state index >= 15 is 0 Å². The van der Waals surface area contributed by atoms with E-state index in [0.29, 0.717) is 6.54 Å². The van der Waals surface area contributed by atoms with Crippen molar-refractivity contribution in [3.05, 3.63) is 35.7 Å². The molecule has 0 saturated carbocycles. The van der Waals surface area contributed by atoms with Crippen LogP contribution < -0.4 is 0 Å². The fourth-order valence-electron chi connectivity index (χ4n) is 1.65. The van der Waals surface area contributed by atoms with Crippen LogP contribution in [0.25, 0.3) is 0 Å². The molecular weight excluding hydrogens is 246 g/mol. The second kappa shape index (κ2) is 6.78. The van der Waals surface area contributed by atoms with Gasteiger partial charge in [0, 0.05) is 18.9 Å². The molecule has 0 aliphatic carbocycles. The molecule has 0 fully saturated rings. The van der Waals surface area contributed by atoms with Crippen LogP contribution in [0.15, 0.2) is 24.5 Å². The van der Waals surface area contributed by atoms with Crippen LogP contribution in [0.5, 0.6) is 0 Å². The fourth-order valence-corrected chi connectivity index (χ4v) is 1.65. The Hall–Kier alpha value is -2.04. The normalized spacial score (nSPS) is 10.1. The van der Waals surface area contributed by atoms with Gasteiger partial charge in [0.25, 0.3) is 0 Å². The zero-order valence-electron chi connectivity index (χ0n) is 11.6. The van der Waals surface area contributed by atoms with E-state index in [1.165, 1.54) is 0 Å². The van der Waals surface area contributed by atoms with Gasteiger partial charge in [-0.1, -0.05) is 12.2 Å².